The second-order valence-corrected chi connectivity index (χ2v) is 8.42. The van der Waals surface area contributed by atoms with Gasteiger partial charge in [0, 0.05) is 24.3 Å². The molecule has 0 bridgehead atoms. The highest BCUT2D eigenvalue weighted by Gasteiger charge is 2.24. The summed E-state index contributed by atoms with van der Waals surface area (Å²) in [5, 5.41) is 2.75. The van der Waals surface area contributed by atoms with Gasteiger partial charge in [0.15, 0.2) is 0 Å². The average molecular weight is 409 g/mol. The fraction of sp³-hybridized carbons (Fsp3) is 0.316. The van der Waals surface area contributed by atoms with Crippen LogP contribution >= 0.6 is 0 Å². The maximum atomic E-state index is 13.7. The second-order valence-electron chi connectivity index (χ2n) is 6.70. The average Bonchev–Trinajstić information content (AvgIpc) is 2.61. The van der Waals surface area contributed by atoms with Gasteiger partial charge in [-0.3, -0.25) is 9.62 Å². The Labute approximate surface area is 162 Å². The number of nitrogens with zero attached hydrogens (tertiary/aromatic N) is 1. The van der Waals surface area contributed by atoms with Gasteiger partial charge in [0.05, 0.1) is 11.4 Å². The van der Waals surface area contributed by atoms with E-state index in [0.29, 0.717) is 18.8 Å². The minimum atomic E-state index is -3.88. The minimum absolute atomic E-state index is 0.0208. The lowest BCUT2D eigenvalue weighted by Gasteiger charge is -2.30. The van der Waals surface area contributed by atoms with Gasteiger partial charge in [0.2, 0.25) is 10.0 Å². The molecule has 9 heteroatoms. The molecule has 2 aromatic carbocycles. The first-order valence-electron chi connectivity index (χ1n) is 8.83. The predicted molar refractivity (Wildman–Crippen MR) is 104 cm³/mol. The summed E-state index contributed by atoms with van der Waals surface area (Å²) in [7, 11) is -3.88. The van der Waals surface area contributed by atoms with Crippen LogP contribution in [0.3, 0.4) is 0 Å². The van der Waals surface area contributed by atoms with Crippen molar-refractivity contribution in [1.82, 2.24) is 5.32 Å². The van der Waals surface area contributed by atoms with Crippen LogP contribution in [0.25, 0.3) is 0 Å². The van der Waals surface area contributed by atoms with Gasteiger partial charge >= 0.3 is 6.03 Å². The largest absolute Gasteiger partial charge is 0.334 e. The number of rotatable bonds is 6. The molecule has 0 unspecified atom stereocenters. The summed E-state index contributed by atoms with van der Waals surface area (Å²) >= 11 is 0. The molecule has 0 fully saturated rings. The third-order valence-electron chi connectivity index (χ3n) is 4.46. The van der Waals surface area contributed by atoms with E-state index in [0.717, 1.165) is 29.8 Å². The Morgan fingerprint density at radius 1 is 1.18 bits per heavy atom. The number of carbonyl (C=O) groups excluding carboxylic acids is 1. The van der Waals surface area contributed by atoms with Crippen LogP contribution in [0, 0.1) is 18.6 Å². The van der Waals surface area contributed by atoms with Gasteiger partial charge in [0.1, 0.15) is 11.6 Å². The molecule has 0 aliphatic carbocycles. The molecular formula is C19H21F2N3O3S. The highest BCUT2D eigenvalue weighted by molar-refractivity contribution is 7.91. The second kappa shape index (κ2) is 7.75. The van der Waals surface area contributed by atoms with Gasteiger partial charge in [-0.1, -0.05) is 6.92 Å². The van der Waals surface area contributed by atoms with Crippen molar-refractivity contribution in [3.8, 4) is 0 Å². The van der Waals surface area contributed by atoms with Gasteiger partial charge in [-0.05, 0) is 54.8 Å². The molecule has 6 nitrogen and oxygen atoms in total. The third-order valence-corrected chi connectivity index (χ3v) is 5.72. The van der Waals surface area contributed by atoms with E-state index in [4.69, 9.17) is 0 Å². The predicted octanol–water partition coefficient (Wildman–Crippen LogP) is 3.65. The maximum absolute atomic E-state index is 13.7. The summed E-state index contributed by atoms with van der Waals surface area (Å²) in [5.41, 5.74) is 1.70. The van der Waals surface area contributed by atoms with Crippen LogP contribution in [0.15, 0.2) is 30.3 Å². The van der Waals surface area contributed by atoms with Crippen molar-refractivity contribution in [2.45, 2.75) is 32.6 Å². The van der Waals surface area contributed by atoms with Gasteiger partial charge in [-0.2, -0.15) is 0 Å². The molecule has 0 saturated carbocycles. The summed E-state index contributed by atoms with van der Waals surface area (Å²) in [6.07, 6.45) is 0.783. The Kier molecular flexibility index (Phi) is 5.55. The van der Waals surface area contributed by atoms with Crippen LogP contribution in [0.2, 0.25) is 0 Å². The summed E-state index contributed by atoms with van der Waals surface area (Å²) in [4.78, 5) is 13.6. The summed E-state index contributed by atoms with van der Waals surface area (Å²) in [6.45, 7) is 4.09. The number of amides is 2. The zero-order chi connectivity index (χ0) is 20.5. The Bertz CT molecular complexity index is 1000. The van der Waals surface area contributed by atoms with E-state index in [1.165, 1.54) is 6.92 Å². The number of carbonyl (C=O) groups is 1. The van der Waals surface area contributed by atoms with Crippen molar-refractivity contribution >= 4 is 27.4 Å². The molecule has 1 aliphatic rings. The Morgan fingerprint density at radius 2 is 1.86 bits per heavy atom. The molecule has 0 saturated heterocycles. The molecule has 0 radical (unpaired) electrons. The van der Waals surface area contributed by atoms with Crippen molar-refractivity contribution in [3.05, 3.63) is 58.7 Å². The molecule has 0 aromatic heterocycles. The minimum Gasteiger partial charge on any atom is -0.334 e. The monoisotopic (exact) mass is 409 g/mol. The van der Waals surface area contributed by atoms with E-state index in [9.17, 15) is 22.0 Å². The van der Waals surface area contributed by atoms with E-state index >= 15 is 0 Å². The number of fused-ring (bicyclic) bond motifs is 1. The van der Waals surface area contributed by atoms with E-state index in [2.05, 4.69) is 10.0 Å². The Morgan fingerprint density at radius 3 is 2.50 bits per heavy atom. The topological polar surface area (TPSA) is 78.5 Å². The van der Waals surface area contributed by atoms with Gasteiger partial charge in [-0.25, -0.2) is 22.0 Å². The van der Waals surface area contributed by atoms with Crippen molar-refractivity contribution in [2.24, 2.45) is 0 Å². The van der Waals surface area contributed by atoms with Gasteiger partial charge in [-0.15, -0.1) is 0 Å². The summed E-state index contributed by atoms with van der Waals surface area (Å²) < 4.78 is 54.6. The highest BCUT2D eigenvalue weighted by Crippen LogP contribution is 2.28. The van der Waals surface area contributed by atoms with Crippen LogP contribution in [-0.2, 0) is 22.3 Å². The fourth-order valence-electron chi connectivity index (χ4n) is 3.09. The molecule has 2 aromatic rings. The van der Waals surface area contributed by atoms with Crippen molar-refractivity contribution in [3.63, 3.8) is 0 Å². The quantitative estimate of drug-likeness (QED) is 0.764. The Balaban J connectivity index is 1.81. The van der Waals surface area contributed by atoms with Crippen molar-refractivity contribution < 1.29 is 22.0 Å². The molecule has 28 heavy (non-hydrogen) atoms. The lowest BCUT2D eigenvalue weighted by atomic mass is 10.1. The zero-order valence-electron chi connectivity index (χ0n) is 15.6. The van der Waals surface area contributed by atoms with Gasteiger partial charge < -0.3 is 5.32 Å². The lowest BCUT2D eigenvalue weighted by Crippen LogP contribution is -2.44. The van der Waals surface area contributed by atoms with Gasteiger partial charge in [0.25, 0.3) is 0 Å². The van der Waals surface area contributed by atoms with Crippen LogP contribution < -0.4 is 14.9 Å². The third kappa shape index (κ3) is 4.24. The number of urea groups is 1. The molecule has 150 valence electrons. The first-order valence-corrected chi connectivity index (χ1v) is 10.5. The van der Waals surface area contributed by atoms with Crippen LogP contribution in [-0.4, -0.2) is 21.0 Å². The number of benzene rings is 2. The molecule has 1 aliphatic heterocycles. The normalized spacial score (nSPS) is 13.9. The Hall–Kier alpha value is -2.68. The van der Waals surface area contributed by atoms with E-state index in [1.54, 1.807) is 23.1 Å². The van der Waals surface area contributed by atoms with Crippen LogP contribution in [0.1, 0.15) is 30.0 Å². The number of hydrogen-bond donors (Lipinski definition) is 2. The summed E-state index contributed by atoms with van der Waals surface area (Å²) in [6, 6.07) is 6.74. The number of halogens is 2. The lowest BCUT2D eigenvalue weighted by molar-refractivity contribution is 0.244. The number of anilines is 2. The first-order chi connectivity index (χ1) is 13.2. The van der Waals surface area contributed by atoms with Crippen LogP contribution in [0.4, 0.5) is 25.0 Å². The zero-order valence-corrected chi connectivity index (χ0v) is 16.4. The van der Waals surface area contributed by atoms with E-state index in [1.807, 2.05) is 6.92 Å². The number of hydrogen-bond acceptors (Lipinski definition) is 3. The first kappa shape index (κ1) is 20.1. The molecule has 2 amide bonds. The van der Waals surface area contributed by atoms with Crippen LogP contribution in [0.5, 0.6) is 0 Å². The van der Waals surface area contributed by atoms with Crippen molar-refractivity contribution in [1.29, 1.82) is 0 Å². The van der Waals surface area contributed by atoms with Crippen molar-refractivity contribution in [2.75, 3.05) is 16.2 Å². The fourth-order valence-corrected chi connectivity index (χ4v) is 4.26. The SMILES string of the molecule is CCCN1C(=O)NCc2cc(NS(=O)(=O)Cc3cc(F)c(C)c(F)c3)ccc21. The van der Waals surface area contributed by atoms with E-state index < -0.39 is 27.4 Å². The highest BCUT2D eigenvalue weighted by atomic mass is 32.2. The summed E-state index contributed by atoms with van der Waals surface area (Å²) in [5.74, 6) is -2.13. The van der Waals surface area contributed by atoms with E-state index in [-0.39, 0.29) is 17.2 Å². The molecule has 0 atom stereocenters. The maximum Gasteiger partial charge on any atom is 0.322 e. The molecular weight excluding hydrogens is 388 g/mol. The molecule has 0 spiro atoms. The number of sulfonamides is 1. The molecule has 2 N–H and O–H groups in total. The number of nitrogens with one attached hydrogen (secondary N) is 2. The molecule has 3 rings (SSSR count). The standard InChI is InChI=1S/C19H21F2N3O3S/c1-3-6-24-18-5-4-15(9-14(18)10-22-19(24)25)23-28(26,27)11-13-7-16(20)12(2)17(21)8-13/h4-5,7-9,23H,3,6,10-11H2,1-2H3,(H,22,25). The molecule has 1 heterocycles. The smallest absolute Gasteiger partial charge is 0.322 e.